The third kappa shape index (κ3) is 5.13. The van der Waals surface area contributed by atoms with Crippen LogP contribution in [0.15, 0.2) is 94.5 Å². The van der Waals surface area contributed by atoms with Crippen LogP contribution in [0.1, 0.15) is 28.5 Å². The average Bonchev–Trinajstić information content (AvgIpc) is 2.91. The average molecular weight is 546 g/mol. The van der Waals surface area contributed by atoms with Crippen LogP contribution in [0.5, 0.6) is 0 Å². The maximum Gasteiger partial charge on any atom is 0.244 e. The number of hydrogen-bond donors (Lipinski definition) is 1. The molecule has 2 fully saturated rings. The molecule has 1 aliphatic heterocycles. The Bertz CT molecular complexity index is 1160. The van der Waals surface area contributed by atoms with Crippen molar-refractivity contribution in [1.82, 2.24) is 10.3 Å². The maximum absolute atomic E-state index is 13.8. The summed E-state index contributed by atoms with van der Waals surface area (Å²) in [5, 5.41) is 4.24. The number of ether oxygens (including phenoxy) is 1. The van der Waals surface area contributed by atoms with Gasteiger partial charge in [0.25, 0.3) is 0 Å². The third-order valence-corrected chi connectivity index (χ3v) is 7.61. The number of morpholine rings is 1. The molecule has 1 saturated heterocycles. The van der Waals surface area contributed by atoms with Crippen LogP contribution in [0.2, 0.25) is 0 Å². The standard InChI is InChI=1S/C29H28BrN3O3/c30-23-13-11-20(12-14-23)19-31-32-28(34)26-24(21-7-3-1-4-8-21)27(25(26)22-9-5-2-6-10-22)29(35)33-15-17-36-18-16-33/h1-14,19,24-27H,15-18H2,(H,32,34). The molecule has 3 aromatic carbocycles. The quantitative estimate of drug-likeness (QED) is 0.364. The lowest BCUT2D eigenvalue weighted by molar-refractivity contribution is -0.151. The van der Waals surface area contributed by atoms with Gasteiger partial charge in [-0.05, 0) is 28.8 Å². The smallest absolute Gasteiger partial charge is 0.244 e. The first kappa shape index (κ1) is 24.4. The van der Waals surface area contributed by atoms with Gasteiger partial charge in [-0.3, -0.25) is 9.59 Å². The molecule has 184 valence electrons. The molecular weight excluding hydrogens is 518 g/mol. The fraction of sp³-hybridized carbons (Fsp3) is 0.276. The molecule has 1 aliphatic carbocycles. The molecule has 36 heavy (non-hydrogen) atoms. The Kier molecular flexibility index (Phi) is 7.58. The number of nitrogens with zero attached hydrogens (tertiary/aromatic N) is 2. The van der Waals surface area contributed by atoms with E-state index in [0.29, 0.717) is 26.3 Å². The summed E-state index contributed by atoms with van der Waals surface area (Å²) < 4.78 is 6.45. The normalized spacial score (nSPS) is 23.8. The molecule has 7 heteroatoms. The predicted molar refractivity (Wildman–Crippen MR) is 143 cm³/mol. The van der Waals surface area contributed by atoms with E-state index >= 15 is 0 Å². The van der Waals surface area contributed by atoms with Gasteiger partial charge in [-0.15, -0.1) is 0 Å². The summed E-state index contributed by atoms with van der Waals surface area (Å²) in [6, 6.07) is 27.5. The summed E-state index contributed by atoms with van der Waals surface area (Å²) >= 11 is 3.42. The van der Waals surface area contributed by atoms with Crippen LogP contribution in [-0.4, -0.2) is 49.2 Å². The van der Waals surface area contributed by atoms with Gasteiger partial charge in [0, 0.05) is 29.4 Å². The first-order chi connectivity index (χ1) is 17.6. The molecule has 0 radical (unpaired) electrons. The molecule has 2 unspecified atom stereocenters. The molecule has 2 aliphatic rings. The van der Waals surface area contributed by atoms with E-state index in [1.54, 1.807) is 6.21 Å². The molecule has 0 bridgehead atoms. The van der Waals surface area contributed by atoms with Crippen molar-refractivity contribution in [2.75, 3.05) is 26.3 Å². The van der Waals surface area contributed by atoms with Crippen LogP contribution >= 0.6 is 15.9 Å². The van der Waals surface area contributed by atoms with E-state index < -0.39 is 5.92 Å². The van der Waals surface area contributed by atoms with E-state index in [1.807, 2.05) is 89.8 Å². The molecule has 1 saturated carbocycles. The molecule has 2 atom stereocenters. The summed E-state index contributed by atoms with van der Waals surface area (Å²) in [7, 11) is 0. The minimum absolute atomic E-state index is 0.0865. The predicted octanol–water partition coefficient (Wildman–Crippen LogP) is 4.57. The van der Waals surface area contributed by atoms with E-state index in [4.69, 9.17) is 4.74 Å². The van der Waals surface area contributed by atoms with Crippen molar-refractivity contribution in [3.05, 3.63) is 106 Å². The van der Waals surface area contributed by atoms with Crippen LogP contribution in [0, 0.1) is 11.8 Å². The molecule has 1 N–H and O–H groups in total. The first-order valence-corrected chi connectivity index (χ1v) is 13.0. The highest BCUT2D eigenvalue weighted by molar-refractivity contribution is 9.10. The van der Waals surface area contributed by atoms with Crippen molar-refractivity contribution in [2.24, 2.45) is 16.9 Å². The highest BCUT2D eigenvalue weighted by atomic mass is 79.9. The lowest BCUT2D eigenvalue weighted by Crippen LogP contribution is -2.57. The van der Waals surface area contributed by atoms with Crippen LogP contribution < -0.4 is 5.43 Å². The number of benzene rings is 3. The van der Waals surface area contributed by atoms with Crippen molar-refractivity contribution in [3.8, 4) is 0 Å². The summed E-state index contributed by atoms with van der Waals surface area (Å²) in [6.45, 7) is 2.23. The lowest BCUT2D eigenvalue weighted by Gasteiger charge is -2.52. The molecular formula is C29H28BrN3O3. The Morgan fingerprint density at radius 1 is 0.833 bits per heavy atom. The third-order valence-electron chi connectivity index (χ3n) is 7.09. The van der Waals surface area contributed by atoms with Gasteiger partial charge >= 0.3 is 0 Å². The van der Waals surface area contributed by atoms with Gasteiger partial charge in [0.15, 0.2) is 0 Å². The molecule has 5 rings (SSSR count). The minimum Gasteiger partial charge on any atom is -0.378 e. The molecule has 3 aromatic rings. The van der Waals surface area contributed by atoms with E-state index in [-0.39, 0.29) is 29.6 Å². The molecule has 1 heterocycles. The zero-order valence-electron chi connectivity index (χ0n) is 19.8. The highest BCUT2D eigenvalue weighted by Gasteiger charge is 2.58. The Hall–Kier alpha value is -3.29. The number of hydrazone groups is 1. The van der Waals surface area contributed by atoms with Gasteiger partial charge in [-0.2, -0.15) is 5.10 Å². The van der Waals surface area contributed by atoms with Crippen LogP contribution in [0.3, 0.4) is 0 Å². The zero-order chi connectivity index (χ0) is 24.9. The van der Waals surface area contributed by atoms with Crippen molar-refractivity contribution in [1.29, 1.82) is 0 Å². The van der Waals surface area contributed by atoms with Crippen molar-refractivity contribution in [3.63, 3.8) is 0 Å². The number of carbonyl (C=O) groups excluding carboxylic acids is 2. The van der Waals surface area contributed by atoms with Gasteiger partial charge in [0.05, 0.1) is 31.3 Å². The number of rotatable bonds is 6. The Morgan fingerprint density at radius 3 is 1.94 bits per heavy atom. The number of nitrogens with one attached hydrogen (secondary N) is 1. The van der Waals surface area contributed by atoms with Gasteiger partial charge in [0.1, 0.15) is 0 Å². The number of halogens is 1. The molecule has 0 aromatic heterocycles. The number of hydrogen-bond acceptors (Lipinski definition) is 4. The maximum atomic E-state index is 13.8. The SMILES string of the molecule is O=C(NN=Cc1ccc(Br)cc1)C1C(c2ccccc2)C(C(=O)N2CCOCC2)C1c1ccccc1. The Balaban J connectivity index is 1.46. The Labute approximate surface area is 219 Å². The number of amides is 2. The fourth-order valence-electron chi connectivity index (χ4n) is 5.35. The molecule has 2 amide bonds. The second-order valence-electron chi connectivity index (χ2n) is 9.15. The van der Waals surface area contributed by atoms with Crippen LogP contribution in [0.25, 0.3) is 0 Å². The van der Waals surface area contributed by atoms with Crippen molar-refractivity contribution >= 4 is 34.0 Å². The Morgan fingerprint density at radius 2 is 1.39 bits per heavy atom. The largest absolute Gasteiger partial charge is 0.378 e. The zero-order valence-corrected chi connectivity index (χ0v) is 21.4. The first-order valence-electron chi connectivity index (χ1n) is 12.2. The van der Waals surface area contributed by atoms with E-state index in [2.05, 4.69) is 26.5 Å². The van der Waals surface area contributed by atoms with E-state index in [9.17, 15) is 9.59 Å². The van der Waals surface area contributed by atoms with Gasteiger partial charge in [-0.25, -0.2) is 5.43 Å². The van der Waals surface area contributed by atoms with E-state index in [1.165, 1.54) is 0 Å². The minimum atomic E-state index is -0.424. The fourth-order valence-corrected chi connectivity index (χ4v) is 5.61. The number of carbonyl (C=O) groups is 2. The molecule has 6 nitrogen and oxygen atoms in total. The van der Waals surface area contributed by atoms with Crippen molar-refractivity contribution in [2.45, 2.75) is 11.8 Å². The van der Waals surface area contributed by atoms with Crippen LogP contribution in [-0.2, 0) is 14.3 Å². The van der Waals surface area contributed by atoms with E-state index in [0.717, 1.165) is 21.2 Å². The van der Waals surface area contributed by atoms with Gasteiger partial charge in [-0.1, -0.05) is 88.7 Å². The summed E-state index contributed by atoms with van der Waals surface area (Å²) in [4.78, 5) is 29.3. The topological polar surface area (TPSA) is 71.0 Å². The molecule has 0 spiro atoms. The summed E-state index contributed by atoms with van der Waals surface area (Å²) in [5.41, 5.74) is 5.63. The second kappa shape index (κ2) is 11.2. The lowest BCUT2D eigenvalue weighted by atomic mass is 9.51. The van der Waals surface area contributed by atoms with Gasteiger partial charge < -0.3 is 9.64 Å². The van der Waals surface area contributed by atoms with Gasteiger partial charge in [0.2, 0.25) is 11.8 Å². The summed E-state index contributed by atoms with van der Waals surface area (Å²) in [5.74, 6) is -1.34. The highest BCUT2D eigenvalue weighted by Crippen LogP contribution is 2.58. The van der Waals surface area contributed by atoms with Crippen LogP contribution in [0.4, 0.5) is 0 Å². The second-order valence-corrected chi connectivity index (χ2v) is 10.1. The summed E-state index contributed by atoms with van der Waals surface area (Å²) in [6.07, 6.45) is 1.63. The monoisotopic (exact) mass is 545 g/mol. The van der Waals surface area contributed by atoms with Crippen molar-refractivity contribution < 1.29 is 14.3 Å².